The van der Waals surface area contributed by atoms with E-state index in [2.05, 4.69) is 30.7 Å². The fourth-order valence-electron chi connectivity index (χ4n) is 1.88. The standard InChI is InChI=1S/C15H18ClN3O/c1-9-12(17)13(19-14(16)18-9)20-11-8-6-5-7-10(11)15(2,3)4/h5-8H,17H2,1-4H3. The summed E-state index contributed by atoms with van der Waals surface area (Å²) in [7, 11) is 0. The molecule has 4 nitrogen and oxygen atoms in total. The summed E-state index contributed by atoms with van der Waals surface area (Å²) in [5.74, 6) is 1.01. The van der Waals surface area contributed by atoms with Crippen molar-refractivity contribution in [2.75, 3.05) is 5.73 Å². The van der Waals surface area contributed by atoms with E-state index >= 15 is 0 Å². The van der Waals surface area contributed by atoms with Crippen molar-refractivity contribution >= 4 is 17.3 Å². The van der Waals surface area contributed by atoms with Gasteiger partial charge in [-0.3, -0.25) is 0 Å². The van der Waals surface area contributed by atoms with E-state index in [1.165, 1.54) is 0 Å². The van der Waals surface area contributed by atoms with Crippen LogP contribution in [0.5, 0.6) is 11.6 Å². The van der Waals surface area contributed by atoms with E-state index in [0.29, 0.717) is 17.3 Å². The Morgan fingerprint density at radius 1 is 1.15 bits per heavy atom. The normalized spacial score (nSPS) is 11.4. The molecule has 0 aliphatic rings. The summed E-state index contributed by atoms with van der Waals surface area (Å²) >= 11 is 5.86. The van der Waals surface area contributed by atoms with Crippen LogP contribution < -0.4 is 10.5 Å². The maximum absolute atomic E-state index is 5.95. The minimum Gasteiger partial charge on any atom is -0.437 e. The lowest BCUT2D eigenvalue weighted by molar-refractivity contribution is 0.440. The third-order valence-electron chi connectivity index (χ3n) is 2.98. The van der Waals surface area contributed by atoms with E-state index in [1.807, 2.05) is 24.3 Å². The summed E-state index contributed by atoms with van der Waals surface area (Å²) in [6.07, 6.45) is 0. The van der Waals surface area contributed by atoms with Gasteiger partial charge < -0.3 is 10.5 Å². The van der Waals surface area contributed by atoms with Gasteiger partial charge in [0.05, 0.1) is 5.69 Å². The number of rotatable bonds is 2. The molecule has 0 bridgehead atoms. The Balaban J connectivity index is 2.46. The van der Waals surface area contributed by atoms with Crippen LogP contribution in [0.15, 0.2) is 24.3 Å². The number of halogens is 1. The second-order valence-corrected chi connectivity index (χ2v) is 5.98. The molecule has 0 radical (unpaired) electrons. The number of aryl methyl sites for hydroxylation is 1. The summed E-state index contributed by atoms with van der Waals surface area (Å²) in [5, 5.41) is 0.125. The Labute approximate surface area is 124 Å². The van der Waals surface area contributed by atoms with E-state index in [-0.39, 0.29) is 10.7 Å². The van der Waals surface area contributed by atoms with Crippen molar-refractivity contribution in [3.8, 4) is 11.6 Å². The number of nitrogens with zero attached hydrogens (tertiary/aromatic N) is 2. The molecule has 106 valence electrons. The molecule has 1 aromatic heterocycles. The van der Waals surface area contributed by atoms with Crippen LogP contribution in [-0.4, -0.2) is 9.97 Å². The van der Waals surface area contributed by atoms with Gasteiger partial charge in [-0.1, -0.05) is 39.0 Å². The molecule has 5 heteroatoms. The molecular formula is C15H18ClN3O. The van der Waals surface area contributed by atoms with Gasteiger partial charge in [0.2, 0.25) is 11.2 Å². The average Bonchev–Trinajstić information content (AvgIpc) is 2.34. The fourth-order valence-corrected chi connectivity index (χ4v) is 2.08. The van der Waals surface area contributed by atoms with Crippen LogP contribution in [0.1, 0.15) is 32.0 Å². The van der Waals surface area contributed by atoms with Crippen molar-refractivity contribution < 1.29 is 4.74 Å². The largest absolute Gasteiger partial charge is 0.437 e. The predicted octanol–water partition coefficient (Wildman–Crippen LogP) is 4.11. The SMILES string of the molecule is Cc1nc(Cl)nc(Oc2ccccc2C(C)(C)C)c1N. The quantitative estimate of drug-likeness (QED) is 0.846. The molecule has 1 heterocycles. The Bertz CT molecular complexity index is 636. The second kappa shape index (κ2) is 5.29. The van der Waals surface area contributed by atoms with Gasteiger partial charge >= 0.3 is 0 Å². The second-order valence-electron chi connectivity index (χ2n) is 5.65. The number of anilines is 1. The molecule has 0 saturated heterocycles. The molecule has 0 unspecified atom stereocenters. The van der Waals surface area contributed by atoms with Crippen molar-refractivity contribution in [2.24, 2.45) is 0 Å². The maximum atomic E-state index is 5.95. The number of benzene rings is 1. The molecule has 0 fully saturated rings. The van der Waals surface area contributed by atoms with Crippen LogP contribution in [0, 0.1) is 6.92 Å². The van der Waals surface area contributed by atoms with E-state index in [0.717, 1.165) is 11.3 Å². The molecule has 0 spiro atoms. The monoisotopic (exact) mass is 291 g/mol. The molecule has 0 aliphatic carbocycles. The summed E-state index contributed by atoms with van der Waals surface area (Å²) in [6.45, 7) is 8.13. The molecule has 0 saturated carbocycles. The van der Waals surface area contributed by atoms with E-state index in [4.69, 9.17) is 22.1 Å². The van der Waals surface area contributed by atoms with Crippen molar-refractivity contribution in [3.63, 3.8) is 0 Å². The molecule has 20 heavy (non-hydrogen) atoms. The van der Waals surface area contributed by atoms with Crippen LogP contribution in [0.25, 0.3) is 0 Å². The molecule has 0 amide bonds. The molecular weight excluding hydrogens is 274 g/mol. The highest BCUT2D eigenvalue weighted by Gasteiger charge is 2.20. The number of nitrogens with two attached hydrogens (primary N) is 1. The lowest BCUT2D eigenvalue weighted by Crippen LogP contribution is -2.13. The Hall–Kier alpha value is -1.81. The number of ether oxygens (including phenoxy) is 1. The third kappa shape index (κ3) is 3.02. The minimum absolute atomic E-state index is 0.0444. The predicted molar refractivity (Wildman–Crippen MR) is 81.4 cm³/mol. The van der Waals surface area contributed by atoms with Crippen molar-refractivity contribution in [3.05, 3.63) is 40.8 Å². The van der Waals surface area contributed by atoms with Gasteiger partial charge in [-0.2, -0.15) is 4.98 Å². The lowest BCUT2D eigenvalue weighted by atomic mass is 9.86. The zero-order valence-corrected chi connectivity index (χ0v) is 12.8. The van der Waals surface area contributed by atoms with Crippen molar-refractivity contribution in [1.29, 1.82) is 0 Å². The van der Waals surface area contributed by atoms with Gasteiger partial charge in [-0.15, -0.1) is 0 Å². The molecule has 1 aromatic carbocycles. The van der Waals surface area contributed by atoms with Gasteiger partial charge in [-0.25, -0.2) is 4.98 Å². The first-order chi connectivity index (χ1) is 9.29. The third-order valence-corrected chi connectivity index (χ3v) is 3.14. The van der Waals surface area contributed by atoms with Gasteiger partial charge in [-0.05, 0) is 30.0 Å². The first-order valence-corrected chi connectivity index (χ1v) is 6.74. The molecule has 0 aliphatic heterocycles. The van der Waals surface area contributed by atoms with Gasteiger partial charge in [0.1, 0.15) is 11.4 Å². The van der Waals surface area contributed by atoms with Crippen LogP contribution >= 0.6 is 11.6 Å². The highest BCUT2D eigenvalue weighted by molar-refractivity contribution is 6.28. The number of aromatic nitrogens is 2. The van der Waals surface area contributed by atoms with Crippen LogP contribution in [0.2, 0.25) is 5.28 Å². The summed E-state index contributed by atoms with van der Waals surface area (Å²) < 4.78 is 5.87. The Morgan fingerprint density at radius 3 is 2.45 bits per heavy atom. The molecule has 2 aromatic rings. The zero-order valence-electron chi connectivity index (χ0n) is 12.1. The first-order valence-electron chi connectivity index (χ1n) is 6.36. The van der Waals surface area contributed by atoms with Gasteiger partial charge in [0.25, 0.3) is 0 Å². The summed E-state index contributed by atoms with van der Waals surface area (Å²) in [5.41, 5.74) is 7.99. The van der Waals surface area contributed by atoms with Gasteiger partial charge in [0.15, 0.2) is 0 Å². The van der Waals surface area contributed by atoms with E-state index < -0.39 is 0 Å². The smallest absolute Gasteiger partial charge is 0.247 e. The first kappa shape index (κ1) is 14.6. The van der Waals surface area contributed by atoms with Crippen molar-refractivity contribution in [2.45, 2.75) is 33.1 Å². The lowest BCUT2D eigenvalue weighted by Gasteiger charge is -2.22. The molecule has 2 N–H and O–H groups in total. The Morgan fingerprint density at radius 2 is 1.80 bits per heavy atom. The van der Waals surface area contributed by atoms with E-state index in [1.54, 1.807) is 6.92 Å². The topological polar surface area (TPSA) is 61.0 Å². The van der Waals surface area contributed by atoms with Crippen LogP contribution in [0.3, 0.4) is 0 Å². The molecule has 0 atom stereocenters. The fraction of sp³-hybridized carbons (Fsp3) is 0.333. The zero-order chi connectivity index (χ0) is 14.9. The minimum atomic E-state index is -0.0444. The van der Waals surface area contributed by atoms with Crippen LogP contribution in [-0.2, 0) is 5.41 Å². The number of nitrogen functional groups attached to an aromatic ring is 1. The van der Waals surface area contributed by atoms with E-state index in [9.17, 15) is 0 Å². The average molecular weight is 292 g/mol. The summed E-state index contributed by atoms with van der Waals surface area (Å²) in [4.78, 5) is 8.06. The molecule has 2 rings (SSSR count). The highest BCUT2D eigenvalue weighted by atomic mass is 35.5. The summed E-state index contributed by atoms with van der Waals surface area (Å²) in [6, 6.07) is 7.82. The number of hydrogen-bond donors (Lipinski definition) is 1. The number of hydrogen-bond acceptors (Lipinski definition) is 4. The van der Waals surface area contributed by atoms with Crippen molar-refractivity contribution in [1.82, 2.24) is 9.97 Å². The maximum Gasteiger partial charge on any atom is 0.247 e. The number of para-hydroxylation sites is 1. The highest BCUT2D eigenvalue weighted by Crippen LogP contribution is 2.35. The van der Waals surface area contributed by atoms with Crippen LogP contribution in [0.4, 0.5) is 5.69 Å². The van der Waals surface area contributed by atoms with Gasteiger partial charge in [0, 0.05) is 5.56 Å². The Kier molecular flexibility index (Phi) is 3.86.